The summed E-state index contributed by atoms with van der Waals surface area (Å²) in [4.78, 5) is 6.82. The van der Waals surface area contributed by atoms with Gasteiger partial charge in [-0.05, 0) is 92.5 Å². The zero-order valence-corrected chi connectivity index (χ0v) is 23.0. The van der Waals surface area contributed by atoms with Gasteiger partial charge in [-0.25, -0.2) is 0 Å². The number of para-hydroxylation sites is 1. The van der Waals surface area contributed by atoms with Gasteiger partial charge in [-0.2, -0.15) is 0 Å². The van der Waals surface area contributed by atoms with Crippen LogP contribution in [0.1, 0.15) is 48.7 Å². The van der Waals surface area contributed by atoms with Crippen LogP contribution < -0.4 is 0 Å². The van der Waals surface area contributed by atoms with Crippen LogP contribution in [0.2, 0.25) is 0 Å². The van der Waals surface area contributed by atoms with Gasteiger partial charge in [0.2, 0.25) is 0 Å². The zero-order valence-electron chi connectivity index (χ0n) is 23.0. The third-order valence-corrected chi connectivity index (χ3v) is 8.22. The Morgan fingerprint density at radius 1 is 0.821 bits per heavy atom. The molecular weight excluding hydrogens is 474 g/mol. The first-order valence-electron chi connectivity index (χ1n) is 13.8. The number of aryl methyl sites for hydroxylation is 1. The smallest absolute Gasteiger partial charge is 0.127 e. The summed E-state index contributed by atoms with van der Waals surface area (Å²) in [6.07, 6.45) is 8.98. The fraction of sp³-hybridized carbons (Fsp3) is 0.194. The van der Waals surface area contributed by atoms with Crippen molar-refractivity contribution in [1.82, 2.24) is 9.47 Å². The Morgan fingerprint density at radius 2 is 1.56 bits per heavy atom. The van der Waals surface area contributed by atoms with E-state index in [4.69, 9.17) is 0 Å². The van der Waals surface area contributed by atoms with Crippen LogP contribution in [0.4, 0.5) is 0 Å². The number of aliphatic imine (C=N–C) groups is 1. The van der Waals surface area contributed by atoms with Crippen LogP contribution in [-0.4, -0.2) is 23.2 Å². The number of aromatic nitrogens is 1. The Balaban J connectivity index is 1.50. The molecule has 0 spiro atoms. The van der Waals surface area contributed by atoms with E-state index in [1.54, 1.807) is 0 Å². The molecule has 0 saturated carbocycles. The molecule has 4 aromatic carbocycles. The van der Waals surface area contributed by atoms with Crippen LogP contribution in [0.5, 0.6) is 0 Å². The van der Waals surface area contributed by atoms with E-state index in [0.29, 0.717) is 0 Å². The normalized spacial score (nSPS) is 15.0. The number of fused-ring (bicyclic) bond motifs is 3. The molecule has 3 nitrogen and oxygen atoms in total. The molecule has 0 fully saturated rings. The molecule has 0 N–H and O–H groups in total. The molecule has 1 aromatic heterocycles. The van der Waals surface area contributed by atoms with Gasteiger partial charge in [0.05, 0.1) is 11.0 Å². The lowest BCUT2D eigenvalue weighted by Gasteiger charge is -2.32. The Labute approximate surface area is 231 Å². The van der Waals surface area contributed by atoms with Crippen LogP contribution >= 0.6 is 0 Å². The van der Waals surface area contributed by atoms with Crippen molar-refractivity contribution in [3.05, 3.63) is 126 Å². The molecule has 0 aliphatic heterocycles. The fourth-order valence-electron chi connectivity index (χ4n) is 6.09. The first-order valence-corrected chi connectivity index (χ1v) is 13.8. The quantitative estimate of drug-likeness (QED) is 0.200. The van der Waals surface area contributed by atoms with Crippen molar-refractivity contribution < 1.29 is 0 Å². The number of hydrogen-bond donors (Lipinski definition) is 0. The highest BCUT2D eigenvalue weighted by Gasteiger charge is 2.24. The van der Waals surface area contributed by atoms with Crippen molar-refractivity contribution >= 4 is 34.2 Å². The molecular formula is C36H35N3. The summed E-state index contributed by atoms with van der Waals surface area (Å²) >= 11 is 0. The molecule has 194 valence electrons. The largest absolute Gasteiger partial charge is 0.310 e. The van der Waals surface area contributed by atoms with E-state index in [0.717, 1.165) is 18.4 Å². The first kappa shape index (κ1) is 25.1. The molecule has 0 radical (unpaired) electrons. The van der Waals surface area contributed by atoms with E-state index in [1.807, 2.05) is 6.07 Å². The third kappa shape index (κ3) is 4.43. The maximum atomic E-state index is 4.51. The fourth-order valence-corrected chi connectivity index (χ4v) is 6.09. The highest BCUT2D eigenvalue weighted by molar-refractivity contribution is 6.11. The molecule has 5 aromatic rings. The van der Waals surface area contributed by atoms with Crippen LogP contribution in [0.15, 0.2) is 114 Å². The molecule has 1 aliphatic rings. The van der Waals surface area contributed by atoms with E-state index < -0.39 is 0 Å². The molecule has 1 aliphatic carbocycles. The van der Waals surface area contributed by atoms with Gasteiger partial charge in [-0.1, -0.05) is 84.9 Å². The maximum absolute atomic E-state index is 4.51. The van der Waals surface area contributed by atoms with Crippen molar-refractivity contribution in [3.8, 4) is 11.1 Å². The van der Waals surface area contributed by atoms with E-state index in [1.165, 1.54) is 49.8 Å². The lowest BCUT2D eigenvalue weighted by Crippen LogP contribution is -2.27. The van der Waals surface area contributed by atoms with Gasteiger partial charge in [-0.3, -0.25) is 9.89 Å². The molecule has 1 heterocycles. The van der Waals surface area contributed by atoms with Crippen LogP contribution in [0.3, 0.4) is 0 Å². The summed E-state index contributed by atoms with van der Waals surface area (Å²) in [5.41, 5.74) is 10.0. The Bertz CT molecular complexity index is 1720. The average Bonchev–Trinajstić information content (AvgIpc) is 3.31. The van der Waals surface area contributed by atoms with Gasteiger partial charge < -0.3 is 4.57 Å². The summed E-state index contributed by atoms with van der Waals surface area (Å²) in [6, 6.07) is 32.9. The van der Waals surface area contributed by atoms with E-state index >= 15 is 0 Å². The van der Waals surface area contributed by atoms with Gasteiger partial charge in [0, 0.05) is 22.5 Å². The minimum absolute atomic E-state index is 0.120. The number of benzene rings is 4. The van der Waals surface area contributed by atoms with Gasteiger partial charge in [0.25, 0.3) is 0 Å². The third-order valence-electron chi connectivity index (χ3n) is 8.22. The lowest BCUT2D eigenvalue weighted by atomic mass is 9.91. The number of hydrogen-bond acceptors (Lipinski definition) is 2. The Morgan fingerprint density at radius 3 is 2.33 bits per heavy atom. The number of allylic oxidation sites excluding steroid dienone is 4. The maximum Gasteiger partial charge on any atom is 0.127 e. The molecule has 2 unspecified atom stereocenters. The summed E-state index contributed by atoms with van der Waals surface area (Å²) in [7, 11) is 2.14. The van der Waals surface area contributed by atoms with E-state index in [-0.39, 0.29) is 12.2 Å². The standard InChI is InChI=1S/C36H35N3/c1-25-23-33-31-21-13-14-22-34(31)39(28-17-9-6-10-18-28)35(33)24-32(25)30-20-12-11-19-29(30)26(2)38(4)36(37-3)27-15-7-5-8-16-27/h5,7-9,11-24,26,36H,3,6,10H2,1-2,4H3. The molecule has 39 heavy (non-hydrogen) atoms. The van der Waals surface area contributed by atoms with Crippen LogP contribution in [0.25, 0.3) is 38.6 Å². The monoisotopic (exact) mass is 509 g/mol. The number of nitrogens with zero attached hydrogens (tertiary/aromatic N) is 3. The van der Waals surface area contributed by atoms with Gasteiger partial charge in [0.15, 0.2) is 0 Å². The van der Waals surface area contributed by atoms with Gasteiger partial charge in [-0.15, -0.1) is 0 Å². The van der Waals surface area contributed by atoms with Crippen molar-refractivity contribution in [2.24, 2.45) is 4.99 Å². The predicted octanol–water partition coefficient (Wildman–Crippen LogP) is 9.35. The Hall–Kier alpha value is -4.21. The summed E-state index contributed by atoms with van der Waals surface area (Å²) in [5, 5.41) is 2.60. The zero-order chi connectivity index (χ0) is 26.9. The second-order valence-corrected chi connectivity index (χ2v) is 10.5. The van der Waals surface area contributed by atoms with Gasteiger partial charge >= 0.3 is 0 Å². The summed E-state index contributed by atoms with van der Waals surface area (Å²) < 4.78 is 2.44. The van der Waals surface area contributed by atoms with Crippen LogP contribution in [-0.2, 0) is 0 Å². The minimum atomic E-state index is -0.120. The summed E-state index contributed by atoms with van der Waals surface area (Å²) in [5.74, 6) is 0. The minimum Gasteiger partial charge on any atom is -0.310 e. The highest BCUT2D eigenvalue weighted by Crippen LogP contribution is 2.40. The van der Waals surface area contributed by atoms with E-state index in [2.05, 4.69) is 145 Å². The topological polar surface area (TPSA) is 20.5 Å². The molecule has 0 amide bonds. The highest BCUT2D eigenvalue weighted by atomic mass is 15.2. The SMILES string of the molecule is C=NC(c1ccccc1)N(C)C(C)c1ccccc1-c1cc2c(cc1C)c1ccccc1n2C1=CCCC=C1. The number of rotatable bonds is 7. The van der Waals surface area contributed by atoms with E-state index in [9.17, 15) is 0 Å². The first-order chi connectivity index (χ1) is 19.1. The molecule has 6 rings (SSSR count). The lowest BCUT2D eigenvalue weighted by molar-refractivity contribution is 0.193. The molecule has 3 heteroatoms. The summed E-state index contributed by atoms with van der Waals surface area (Å²) in [6.45, 7) is 8.44. The molecule has 0 bridgehead atoms. The second kappa shape index (κ2) is 10.5. The van der Waals surface area contributed by atoms with Gasteiger partial charge in [0.1, 0.15) is 6.17 Å². The molecule has 0 saturated heterocycles. The van der Waals surface area contributed by atoms with Crippen molar-refractivity contribution in [2.75, 3.05) is 7.05 Å². The predicted molar refractivity (Wildman–Crippen MR) is 167 cm³/mol. The Kier molecular flexibility index (Phi) is 6.76. The average molecular weight is 510 g/mol. The molecule has 2 atom stereocenters. The second-order valence-electron chi connectivity index (χ2n) is 10.5. The van der Waals surface area contributed by atoms with Crippen molar-refractivity contribution in [2.45, 2.75) is 38.9 Å². The van der Waals surface area contributed by atoms with Crippen LogP contribution in [0, 0.1) is 6.92 Å². The van der Waals surface area contributed by atoms with Crippen molar-refractivity contribution in [3.63, 3.8) is 0 Å². The van der Waals surface area contributed by atoms with Crippen molar-refractivity contribution in [1.29, 1.82) is 0 Å².